The van der Waals surface area contributed by atoms with Gasteiger partial charge in [-0.15, -0.1) is 0 Å². The van der Waals surface area contributed by atoms with Crippen LogP contribution in [0.3, 0.4) is 0 Å². The second kappa shape index (κ2) is 7.65. The second-order valence-electron chi connectivity index (χ2n) is 6.10. The largest absolute Gasteiger partial charge is 0.326 e. The first kappa shape index (κ1) is 18.9. The molecule has 0 aromatic heterocycles. The van der Waals surface area contributed by atoms with Crippen molar-refractivity contribution in [3.05, 3.63) is 59.4 Å². The zero-order valence-electron chi connectivity index (χ0n) is 14.3. The molecule has 2 aromatic carbocycles. The molecule has 0 heterocycles. The number of hydrogen-bond acceptors (Lipinski definition) is 3. The molecule has 2 rings (SSSR count). The Kier molecular flexibility index (Phi) is 5.79. The predicted molar refractivity (Wildman–Crippen MR) is 97.5 cm³/mol. The number of aryl methyl sites for hydroxylation is 2. The first-order valence-electron chi connectivity index (χ1n) is 7.80. The van der Waals surface area contributed by atoms with Gasteiger partial charge in [0.15, 0.2) is 0 Å². The Morgan fingerprint density at radius 1 is 1.16 bits per heavy atom. The molecule has 0 aliphatic heterocycles. The minimum atomic E-state index is -3.78. The van der Waals surface area contributed by atoms with Crippen LogP contribution in [0, 0.1) is 25.6 Å². The van der Waals surface area contributed by atoms with Crippen molar-refractivity contribution in [1.82, 2.24) is 0 Å². The fourth-order valence-electron chi connectivity index (χ4n) is 2.30. The summed E-state index contributed by atoms with van der Waals surface area (Å²) >= 11 is 0. The Labute approximate surface area is 147 Å². The van der Waals surface area contributed by atoms with Crippen molar-refractivity contribution < 1.29 is 17.6 Å². The molecule has 0 bridgehead atoms. The topological polar surface area (TPSA) is 75.3 Å². The molecule has 2 N–H and O–H groups in total. The van der Waals surface area contributed by atoms with E-state index >= 15 is 0 Å². The number of halogens is 1. The summed E-state index contributed by atoms with van der Waals surface area (Å²) in [7, 11) is -3.78. The van der Waals surface area contributed by atoms with Gasteiger partial charge in [-0.2, -0.15) is 0 Å². The third-order valence-electron chi connectivity index (χ3n) is 3.67. The molecule has 0 saturated carbocycles. The Balaban J connectivity index is 2.03. The highest BCUT2D eigenvalue weighted by Crippen LogP contribution is 2.18. The summed E-state index contributed by atoms with van der Waals surface area (Å²) in [4.78, 5) is 12.3. The summed E-state index contributed by atoms with van der Waals surface area (Å²) in [5.41, 5.74) is 2.68. The summed E-state index contributed by atoms with van der Waals surface area (Å²) in [5.74, 6) is -2.11. The number of sulfonamides is 1. The highest BCUT2D eigenvalue weighted by atomic mass is 32.2. The molecule has 1 amide bonds. The molecular formula is C18H21FN2O3S. The first-order valence-corrected chi connectivity index (χ1v) is 9.46. The first-order chi connectivity index (χ1) is 11.7. The highest BCUT2D eigenvalue weighted by Gasteiger charge is 2.22. The van der Waals surface area contributed by atoms with Crippen LogP contribution in [0.4, 0.5) is 15.8 Å². The van der Waals surface area contributed by atoms with Crippen LogP contribution in [0.25, 0.3) is 0 Å². The molecule has 25 heavy (non-hydrogen) atoms. The lowest BCUT2D eigenvalue weighted by atomic mass is 10.1. The predicted octanol–water partition coefficient (Wildman–Crippen LogP) is 3.46. The molecular weight excluding hydrogens is 343 g/mol. The van der Waals surface area contributed by atoms with E-state index in [0.29, 0.717) is 5.69 Å². The van der Waals surface area contributed by atoms with E-state index in [1.807, 2.05) is 32.0 Å². The Morgan fingerprint density at radius 2 is 1.88 bits per heavy atom. The monoisotopic (exact) mass is 364 g/mol. The normalized spacial score (nSPS) is 12.5. The minimum absolute atomic E-state index is 0.127. The number of hydrogen-bond donors (Lipinski definition) is 2. The van der Waals surface area contributed by atoms with Crippen LogP contribution in [0.15, 0.2) is 42.5 Å². The lowest BCUT2D eigenvalue weighted by Gasteiger charge is -2.15. The molecule has 1 atom stereocenters. The van der Waals surface area contributed by atoms with E-state index in [1.165, 1.54) is 25.1 Å². The third kappa shape index (κ3) is 5.56. The molecule has 5 nitrogen and oxygen atoms in total. The maximum Gasteiger partial charge on any atom is 0.233 e. The zero-order chi connectivity index (χ0) is 18.6. The molecule has 0 radical (unpaired) electrons. The van der Waals surface area contributed by atoms with Crippen LogP contribution in [0.5, 0.6) is 0 Å². The van der Waals surface area contributed by atoms with E-state index in [2.05, 4.69) is 10.0 Å². The van der Waals surface area contributed by atoms with Crippen LogP contribution >= 0.6 is 0 Å². The van der Waals surface area contributed by atoms with Gasteiger partial charge in [-0.3, -0.25) is 9.52 Å². The Bertz CT molecular complexity index is 882. The van der Waals surface area contributed by atoms with E-state index in [4.69, 9.17) is 0 Å². The van der Waals surface area contributed by atoms with Crippen molar-refractivity contribution in [3.8, 4) is 0 Å². The van der Waals surface area contributed by atoms with Crippen molar-refractivity contribution in [1.29, 1.82) is 0 Å². The number of amides is 1. The summed E-state index contributed by atoms with van der Waals surface area (Å²) in [5, 5.41) is 2.76. The third-order valence-corrected chi connectivity index (χ3v) is 5.15. The van der Waals surface area contributed by atoms with Gasteiger partial charge < -0.3 is 5.32 Å². The fourth-order valence-corrected chi connectivity index (χ4v) is 3.68. The van der Waals surface area contributed by atoms with Crippen LogP contribution in [0.1, 0.15) is 18.1 Å². The number of carbonyl (C=O) groups excluding carboxylic acids is 1. The molecule has 1 unspecified atom stereocenters. The summed E-state index contributed by atoms with van der Waals surface area (Å²) in [6.07, 6.45) is 0. The van der Waals surface area contributed by atoms with E-state index in [0.717, 1.165) is 17.2 Å². The average molecular weight is 364 g/mol. The molecule has 0 saturated heterocycles. The van der Waals surface area contributed by atoms with Gasteiger partial charge in [-0.1, -0.05) is 25.1 Å². The molecule has 2 aromatic rings. The summed E-state index contributed by atoms with van der Waals surface area (Å²) in [6.45, 7) is 5.30. The number of nitrogens with one attached hydrogen (secondary N) is 2. The maximum atomic E-state index is 13.1. The van der Waals surface area contributed by atoms with E-state index < -0.39 is 33.4 Å². The Hall–Kier alpha value is -2.41. The smallest absolute Gasteiger partial charge is 0.233 e. The van der Waals surface area contributed by atoms with Gasteiger partial charge in [0, 0.05) is 5.69 Å². The highest BCUT2D eigenvalue weighted by molar-refractivity contribution is 7.92. The molecule has 7 heteroatoms. The number of benzene rings is 2. The zero-order valence-corrected chi connectivity index (χ0v) is 15.2. The second-order valence-corrected chi connectivity index (χ2v) is 7.87. The lowest BCUT2D eigenvalue weighted by molar-refractivity contribution is -0.118. The molecule has 0 aliphatic rings. The van der Waals surface area contributed by atoms with Crippen molar-refractivity contribution >= 4 is 27.3 Å². The summed E-state index contributed by atoms with van der Waals surface area (Å²) < 4.78 is 39.8. The van der Waals surface area contributed by atoms with Gasteiger partial charge in [0.2, 0.25) is 15.9 Å². The van der Waals surface area contributed by atoms with Gasteiger partial charge in [0.25, 0.3) is 0 Å². The maximum absolute atomic E-state index is 13.1. The summed E-state index contributed by atoms with van der Waals surface area (Å²) in [6, 6.07) is 10.8. The molecule has 134 valence electrons. The van der Waals surface area contributed by atoms with Crippen LogP contribution in [-0.4, -0.2) is 20.1 Å². The van der Waals surface area contributed by atoms with Gasteiger partial charge >= 0.3 is 0 Å². The van der Waals surface area contributed by atoms with Gasteiger partial charge in [-0.25, -0.2) is 12.8 Å². The van der Waals surface area contributed by atoms with Crippen LogP contribution in [0.2, 0.25) is 0 Å². The van der Waals surface area contributed by atoms with Crippen molar-refractivity contribution in [2.75, 3.05) is 15.8 Å². The molecule has 0 aliphatic carbocycles. The van der Waals surface area contributed by atoms with Crippen LogP contribution < -0.4 is 10.0 Å². The van der Waals surface area contributed by atoms with E-state index in [9.17, 15) is 17.6 Å². The van der Waals surface area contributed by atoms with Gasteiger partial charge in [-0.05, 0) is 49.2 Å². The van der Waals surface area contributed by atoms with Crippen molar-refractivity contribution in [2.24, 2.45) is 5.92 Å². The number of carbonyl (C=O) groups is 1. The van der Waals surface area contributed by atoms with E-state index in [-0.39, 0.29) is 5.69 Å². The SMILES string of the molecule is Cc1ccc(C)c(NC(=O)C(C)CS(=O)(=O)Nc2cccc(F)c2)c1. The number of anilines is 2. The minimum Gasteiger partial charge on any atom is -0.326 e. The Morgan fingerprint density at radius 3 is 2.56 bits per heavy atom. The molecule has 0 spiro atoms. The van der Waals surface area contributed by atoms with Gasteiger partial charge in [0.1, 0.15) is 5.82 Å². The van der Waals surface area contributed by atoms with E-state index in [1.54, 1.807) is 0 Å². The van der Waals surface area contributed by atoms with Gasteiger partial charge in [0.05, 0.1) is 17.4 Å². The van der Waals surface area contributed by atoms with Crippen LogP contribution in [-0.2, 0) is 14.8 Å². The fraction of sp³-hybridized carbons (Fsp3) is 0.278. The van der Waals surface area contributed by atoms with Crippen molar-refractivity contribution in [3.63, 3.8) is 0 Å². The average Bonchev–Trinajstić information content (AvgIpc) is 2.49. The number of rotatable bonds is 6. The van der Waals surface area contributed by atoms with Crippen molar-refractivity contribution in [2.45, 2.75) is 20.8 Å². The molecule has 0 fully saturated rings. The quantitative estimate of drug-likeness (QED) is 0.824. The lowest BCUT2D eigenvalue weighted by Crippen LogP contribution is -2.30. The standard InChI is InChI=1S/C18H21FN2O3S/c1-12-7-8-13(2)17(9-12)20-18(22)14(3)11-25(23,24)21-16-6-4-5-15(19)10-16/h4-10,14,21H,11H2,1-3H3,(H,20,22).